The molecule has 0 radical (unpaired) electrons. The van der Waals surface area contributed by atoms with Crippen molar-refractivity contribution in [3.63, 3.8) is 0 Å². The van der Waals surface area contributed by atoms with E-state index in [4.69, 9.17) is 4.74 Å². The molecule has 33 heavy (non-hydrogen) atoms. The number of alkyl halides is 1. The Balaban J connectivity index is 1.40. The molecular weight excluding hydrogens is 419 g/mol. The number of amides is 1. The number of nitrogens with one attached hydrogen (secondary N) is 1. The molecule has 0 bridgehead atoms. The van der Waals surface area contributed by atoms with Crippen molar-refractivity contribution in [2.75, 3.05) is 11.9 Å². The van der Waals surface area contributed by atoms with E-state index in [1.165, 1.54) is 0 Å². The molecule has 2 aromatic rings. The maximum atomic E-state index is 13.5. The molecule has 1 aromatic carbocycles. The maximum absolute atomic E-state index is 13.5. The van der Waals surface area contributed by atoms with Crippen LogP contribution in [0.2, 0.25) is 0 Å². The summed E-state index contributed by atoms with van der Waals surface area (Å²) in [7, 11) is 0. The van der Waals surface area contributed by atoms with Crippen LogP contribution in [0.1, 0.15) is 53.4 Å². The van der Waals surface area contributed by atoms with Crippen molar-refractivity contribution in [1.82, 2.24) is 9.78 Å². The van der Waals surface area contributed by atoms with Crippen LogP contribution in [-0.4, -0.2) is 34.4 Å². The quantitative estimate of drug-likeness (QED) is 0.663. The summed E-state index contributed by atoms with van der Waals surface area (Å²) in [4.78, 5) is 17.7. The third-order valence-electron chi connectivity index (χ3n) is 6.37. The summed E-state index contributed by atoms with van der Waals surface area (Å²) in [5.41, 5.74) is 6.71. The van der Waals surface area contributed by atoms with Crippen LogP contribution in [0.3, 0.4) is 0 Å². The van der Waals surface area contributed by atoms with Gasteiger partial charge in [0.25, 0.3) is 5.91 Å². The molecule has 1 fully saturated rings. The predicted octanol–water partition coefficient (Wildman–Crippen LogP) is 5.46. The topological polar surface area (TPSA) is 68.5 Å². The number of aliphatic imine (C=N–C) groups is 1. The lowest BCUT2D eigenvalue weighted by atomic mass is 10.0. The highest BCUT2D eigenvalue weighted by molar-refractivity contribution is 6.05. The molecule has 1 N–H and O–H groups in total. The summed E-state index contributed by atoms with van der Waals surface area (Å²) in [5.74, 6) is 0.0437. The molecule has 0 spiro atoms. The Morgan fingerprint density at radius 1 is 1.27 bits per heavy atom. The largest absolute Gasteiger partial charge is 0.476 e. The molecule has 1 aliphatic heterocycles. The number of aromatic nitrogens is 2. The summed E-state index contributed by atoms with van der Waals surface area (Å²) in [5, 5.41) is 7.49. The van der Waals surface area contributed by atoms with Crippen molar-refractivity contribution in [1.29, 1.82) is 0 Å². The van der Waals surface area contributed by atoms with Crippen LogP contribution in [0.25, 0.3) is 11.4 Å². The number of aryl methyl sites for hydroxylation is 1. The van der Waals surface area contributed by atoms with Crippen molar-refractivity contribution < 1.29 is 13.9 Å². The van der Waals surface area contributed by atoms with Gasteiger partial charge in [-0.05, 0) is 63.3 Å². The van der Waals surface area contributed by atoms with Crippen LogP contribution in [0.5, 0.6) is 0 Å². The fourth-order valence-electron chi connectivity index (χ4n) is 4.19. The smallest absolute Gasteiger partial charge is 0.259 e. The van der Waals surface area contributed by atoms with Gasteiger partial charge in [0, 0.05) is 16.9 Å². The average Bonchev–Trinajstić information content (AvgIpc) is 3.42. The van der Waals surface area contributed by atoms with Crippen molar-refractivity contribution in [2.24, 2.45) is 10.9 Å². The minimum absolute atomic E-state index is 0.203. The number of nitrogens with zero attached hydrogens (tertiary/aromatic N) is 3. The third-order valence-corrected chi connectivity index (χ3v) is 6.37. The summed E-state index contributed by atoms with van der Waals surface area (Å²) >= 11 is 0. The summed E-state index contributed by atoms with van der Waals surface area (Å²) in [6.45, 7) is 6.22. The minimum Gasteiger partial charge on any atom is -0.476 e. The molecule has 1 aromatic heterocycles. The van der Waals surface area contributed by atoms with E-state index in [9.17, 15) is 9.18 Å². The predicted molar refractivity (Wildman–Crippen MR) is 128 cm³/mol. The van der Waals surface area contributed by atoms with E-state index >= 15 is 0 Å². The highest BCUT2D eigenvalue weighted by atomic mass is 19.1. The van der Waals surface area contributed by atoms with Crippen LogP contribution >= 0.6 is 0 Å². The molecule has 0 unspecified atom stereocenters. The van der Waals surface area contributed by atoms with Crippen molar-refractivity contribution >= 4 is 28.9 Å². The van der Waals surface area contributed by atoms with E-state index in [1.807, 2.05) is 55.8 Å². The fourth-order valence-corrected chi connectivity index (χ4v) is 4.19. The van der Waals surface area contributed by atoms with Gasteiger partial charge >= 0.3 is 0 Å². The van der Waals surface area contributed by atoms with Crippen LogP contribution < -0.4 is 5.32 Å². The summed E-state index contributed by atoms with van der Waals surface area (Å²) < 4.78 is 21.0. The van der Waals surface area contributed by atoms with E-state index < -0.39 is 6.17 Å². The number of ether oxygens (including phenoxy) is 1. The second kappa shape index (κ2) is 8.46. The van der Waals surface area contributed by atoms with E-state index in [0.29, 0.717) is 30.2 Å². The number of carbonyl (C=O) groups excluding carboxylic acids is 1. The molecule has 1 amide bonds. The first-order valence-electron chi connectivity index (χ1n) is 11.3. The number of anilines is 1. The van der Waals surface area contributed by atoms with Gasteiger partial charge < -0.3 is 10.1 Å². The molecule has 5 rings (SSSR count). The lowest BCUT2D eigenvalue weighted by Gasteiger charge is -2.19. The van der Waals surface area contributed by atoms with Gasteiger partial charge in [-0.15, -0.1) is 0 Å². The lowest BCUT2D eigenvalue weighted by Crippen LogP contribution is -2.17. The van der Waals surface area contributed by atoms with E-state index in [2.05, 4.69) is 21.5 Å². The van der Waals surface area contributed by atoms with Crippen LogP contribution in [0.4, 0.5) is 10.1 Å². The Bertz CT molecular complexity index is 1250. The number of allylic oxidation sites excluding steroid dienone is 4. The van der Waals surface area contributed by atoms with E-state index in [1.54, 1.807) is 6.20 Å². The van der Waals surface area contributed by atoms with Gasteiger partial charge in [-0.3, -0.25) is 4.79 Å². The number of halogens is 1. The summed E-state index contributed by atoms with van der Waals surface area (Å²) in [6, 6.07) is 5.86. The SMILES string of the molecule is CC1=C(c2ccc(C)c(NC(=O)c3cnn(C4=CC=CCC4)c3C)c2)N=C([C@H]2C[C@@H]2F)OC1. The van der Waals surface area contributed by atoms with Crippen LogP contribution in [0, 0.1) is 19.8 Å². The Kier molecular flexibility index (Phi) is 5.48. The number of carbonyl (C=O) groups is 1. The zero-order chi connectivity index (χ0) is 23.1. The molecule has 1 saturated carbocycles. The Morgan fingerprint density at radius 3 is 2.82 bits per heavy atom. The van der Waals surface area contributed by atoms with Crippen molar-refractivity contribution in [3.05, 3.63) is 70.6 Å². The van der Waals surface area contributed by atoms with Gasteiger partial charge in [0.15, 0.2) is 5.90 Å². The Labute approximate surface area is 192 Å². The van der Waals surface area contributed by atoms with Gasteiger partial charge in [0.05, 0.1) is 29.1 Å². The number of rotatable bonds is 5. The zero-order valence-corrected chi connectivity index (χ0v) is 19.1. The molecule has 2 atom stereocenters. The van der Waals surface area contributed by atoms with Crippen molar-refractivity contribution in [2.45, 2.75) is 46.2 Å². The molecule has 3 aliphatic rings. The van der Waals surface area contributed by atoms with Gasteiger partial charge in [0.1, 0.15) is 12.8 Å². The van der Waals surface area contributed by atoms with E-state index in [-0.39, 0.29) is 11.8 Å². The number of benzene rings is 1. The molecule has 6 nitrogen and oxygen atoms in total. The zero-order valence-electron chi connectivity index (χ0n) is 19.1. The van der Waals surface area contributed by atoms with E-state index in [0.717, 1.165) is 46.6 Å². The molecule has 0 saturated heterocycles. The van der Waals surface area contributed by atoms with Crippen LogP contribution in [-0.2, 0) is 4.74 Å². The van der Waals surface area contributed by atoms with Gasteiger partial charge in [0.2, 0.25) is 0 Å². The second-order valence-electron chi connectivity index (χ2n) is 8.89. The number of hydrogen-bond donors (Lipinski definition) is 1. The summed E-state index contributed by atoms with van der Waals surface area (Å²) in [6.07, 6.45) is 9.27. The Hall–Kier alpha value is -3.48. The van der Waals surface area contributed by atoms with Crippen LogP contribution in [0.15, 0.2) is 53.2 Å². The third kappa shape index (κ3) is 4.15. The highest BCUT2D eigenvalue weighted by Crippen LogP contribution is 2.39. The first kappa shape index (κ1) is 21.4. The molecule has 2 heterocycles. The monoisotopic (exact) mass is 446 g/mol. The Morgan fingerprint density at radius 2 is 2.09 bits per heavy atom. The van der Waals surface area contributed by atoms with Gasteiger partial charge in [-0.2, -0.15) is 5.10 Å². The number of hydrogen-bond acceptors (Lipinski definition) is 4. The highest BCUT2D eigenvalue weighted by Gasteiger charge is 2.44. The van der Waals surface area contributed by atoms with Gasteiger partial charge in [-0.1, -0.05) is 24.3 Å². The first-order valence-corrected chi connectivity index (χ1v) is 11.3. The molecule has 7 heteroatoms. The first-order chi connectivity index (χ1) is 15.9. The normalized spacial score (nSPS) is 21.9. The average molecular weight is 447 g/mol. The molecular formula is C26H27FN4O2. The molecule has 170 valence electrons. The second-order valence-corrected chi connectivity index (χ2v) is 8.89. The lowest BCUT2D eigenvalue weighted by molar-refractivity contribution is 0.102. The van der Waals surface area contributed by atoms with Crippen molar-refractivity contribution in [3.8, 4) is 0 Å². The molecule has 2 aliphatic carbocycles. The minimum atomic E-state index is -0.860. The standard InChI is InChI=1S/C26H27FN4O2/c1-15-9-10-18(24-16(2)14-33-26(30-24)20-12-22(20)27)11-23(15)29-25(32)21-13-28-31(17(21)3)19-7-5-4-6-8-19/h4-5,7,9-11,13,20,22H,6,8,12,14H2,1-3H3,(H,29,32)/t20-,22-/m0/s1. The fraction of sp³-hybridized carbons (Fsp3) is 0.346. The maximum Gasteiger partial charge on any atom is 0.259 e. The van der Waals surface area contributed by atoms with Gasteiger partial charge in [-0.25, -0.2) is 14.1 Å².